The Bertz CT molecular complexity index is 489. The fraction of sp³-hybridized carbons (Fsp3) is 0.143. The molecule has 0 N–H and O–H groups in total. The highest BCUT2D eigenvalue weighted by molar-refractivity contribution is 7.99. The van der Waals surface area contributed by atoms with Gasteiger partial charge >= 0.3 is 0 Å². The van der Waals surface area contributed by atoms with Crippen LogP contribution in [-0.2, 0) is 0 Å². The average Bonchev–Trinajstić information content (AvgIpc) is 2.28. The Morgan fingerprint density at radius 1 is 0.938 bits per heavy atom. The van der Waals surface area contributed by atoms with Crippen LogP contribution in [0.5, 0.6) is 0 Å². The molecular weight excluding hydrogens is 219 g/mol. The van der Waals surface area contributed by atoms with E-state index >= 15 is 0 Å². The maximum absolute atomic E-state index is 13.3. The van der Waals surface area contributed by atoms with E-state index in [9.17, 15) is 4.39 Å². The summed E-state index contributed by atoms with van der Waals surface area (Å²) in [6.45, 7) is 3.87. The van der Waals surface area contributed by atoms with E-state index in [1.165, 1.54) is 11.6 Å². The second-order valence-corrected chi connectivity index (χ2v) is 4.89. The summed E-state index contributed by atoms with van der Waals surface area (Å²) in [6.07, 6.45) is 0. The van der Waals surface area contributed by atoms with Crippen LogP contribution in [0.3, 0.4) is 0 Å². The van der Waals surface area contributed by atoms with E-state index in [1.54, 1.807) is 17.8 Å². The third-order valence-corrected chi connectivity index (χ3v) is 3.64. The van der Waals surface area contributed by atoms with Gasteiger partial charge in [0.15, 0.2) is 0 Å². The van der Waals surface area contributed by atoms with Gasteiger partial charge in [0, 0.05) is 9.79 Å². The van der Waals surface area contributed by atoms with E-state index in [0.717, 1.165) is 9.79 Å². The minimum absolute atomic E-state index is 0.142. The fourth-order valence-electron chi connectivity index (χ4n) is 1.43. The maximum Gasteiger partial charge on any atom is 0.127 e. The van der Waals surface area contributed by atoms with Gasteiger partial charge in [0.1, 0.15) is 5.82 Å². The summed E-state index contributed by atoms with van der Waals surface area (Å²) in [5, 5.41) is 0. The Balaban J connectivity index is 2.27. The monoisotopic (exact) mass is 232 g/mol. The molecule has 0 amide bonds. The molecule has 0 fully saturated rings. The van der Waals surface area contributed by atoms with Gasteiger partial charge in [-0.1, -0.05) is 35.5 Å². The van der Waals surface area contributed by atoms with Gasteiger partial charge < -0.3 is 0 Å². The number of rotatable bonds is 2. The molecule has 0 saturated carbocycles. The van der Waals surface area contributed by atoms with E-state index in [2.05, 4.69) is 31.2 Å². The minimum Gasteiger partial charge on any atom is -0.207 e. The van der Waals surface area contributed by atoms with Crippen LogP contribution >= 0.6 is 11.8 Å². The molecule has 0 spiro atoms. The molecule has 2 aromatic rings. The Labute approximate surface area is 99.5 Å². The zero-order valence-electron chi connectivity index (χ0n) is 9.33. The first-order chi connectivity index (χ1) is 7.66. The molecule has 0 aliphatic heterocycles. The molecule has 0 nitrogen and oxygen atoms in total. The normalized spacial score (nSPS) is 10.4. The molecule has 0 heterocycles. The van der Waals surface area contributed by atoms with Gasteiger partial charge in [-0.15, -0.1) is 0 Å². The Hall–Kier alpha value is -1.28. The van der Waals surface area contributed by atoms with Crippen molar-refractivity contribution in [2.75, 3.05) is 0 Å². The van der Waals surface area contributed by atoms with Crippen LogP contribution < -0.4 is 0 Å². The second kappa shape index (κ2) is 4.71. The van der Waals surface area contributed by atoms with Crippen molar-refractivity contribution in [3.63, 3.8) is 0 Å². The van der Waals surface area contributed by atoms with Gasteiger partial charge in [-0.2, -0.15) is 0 Å². The summed E-state index contributed by atoms with van der Waals surface area (Å²) in [5.74, 6) is -0.142. The van der Waals surface area contributed by atoms with E-state index in [0.29, 0.717) is 5.56 Å². The molecule has 2 heteroatoms. The molecule has 0 saturated heterocycles. The maximum atomic E-state index is 13.3. The van der Waals surface area contributed by atoms with Crippen molar-refractivity contribution in [1.29, 1.82) is 0 Å². The first-order valence-corrected chi connectivity index (χ1v) is 5.98. The molecule has 82 valence electrons. The first kappa shape index (κ1) is 11.2. The van der Waals surface area contributed by atoms with E-state index in [1.807, 2.05) is 13.0 Å². The van der Waals surface area contributed by atoms with Crippen LogP contribution in [0, 0.1) is 19.7 Å². The summed E-state index contributed by atoms with van der Waals surface area (Å²) in [6, 6.07) is 13.4. The number of halogens is 1. The predicted molar refractivity (Wildman–Crippen MR) is 66.4 cm³/mol. The van der Waals surface area contributed by atoms with Crippen molar-refractivity contribution < 1.29 is 4.39 Å². The van der Waals surface area contributed by atoms with Crippen molar-refractivity contribution in [1.82, 2.24) is 0 Å². The summed E-state index contributed by atoms with van der Waals surface area (Å²) in [5.41, 5.74) is 1.95. The molecule has 0 aromatic heterocycles. The third kappa shape index (κ3) is 2.45. The largest absolute Gasteiger partial charge is 0.207 e. The lowest BCUT2D eigenvalue weighted by Crippen LogP contribution is -1.85. The summed E-state index contributed by atoms with van der Waals surface area (Å²) >= 11 is 1.60. The van der Waals surface area contributed by atoms with Gasteiger partial charge in [0.25, 0.3) is 0 Å². The number of hydrogen-bond acceptors (Lipinski definition) is 1. The zero-order chi connectivity index (χ0) is 11.5. The van der Waals surface area contributed by atoms with Gasteiger partial charge in [-0.25, -0.2) is 4.39 Å². The predicted octanol–water partition coefficient (Wildman–Crippen LogP) is 4.59. The Kier molecular flexibility index (Phi) is 3.30. The Morgan fingerprint density at radius 3 is 2.31 bits per heavy atom. The topological polar surface area (TPSA) is 0 Å². The van der Waals surface area contributed by atoms with Gasteiger partial charge in [0.05, 0.1) is 0 Å². The van der Waals surface area contributed by atoms with Crippen LogP contribution in [0.2, 0.25) is 0 Å². The van der Waals surface area contributed by atoms with Crippen molar-refractivity contribution in [2.24, 2.45) is 0 Å². The molecule has 2 rings (SSSR count). The quantitative estimate of drug-likeness (QED) is 0.729. The first-order valence-electron chi connectivity index (χ1n) is 5.16. The highest BCUT2D eigenvalue weighted by atomic mass is 32.2. The van der Waals surface area contributed by atoms with Crippen LogP contribution in [-0.4, -0.2) is 0 Å². The highest BCUT2D eigenvalue weighted by Gasteiger charge is 2.04. The molecule has 2 aromatic carbocycles. The molecule has 0 aliphatic carbocycles. The lowest BCUT2D eigenvalue weighted by atomic mass is 10.2. The number of aryl methyl sites for hydroxylation is 1. The second-order valence-electron chi connectivity index (χ2n) is 3.78. The highest BCUT2D eigenvalue weighted by Crippen LogP contribution is 2.31. The van der Waals surface area contributed by atoms with Gasteiger partial charge in [0.2, 0.25) is 0 Å². The van der Waals surface area contributed by atoms with Crippen molar-refractivity contribution in [3.8, 4) is 0 Å². The lowest BCUT2D eigenvalue weighted by Gasteiger charge is -2.06. The molecule has 0 unspecified atom stereocenters. The van der Waals surface area contributed by atoms with E-state index in [4.69, 9.17) is 0 Å². The van der Waals surface area contributed by atoms with E-state index in [-0.39, 0.29) is 5.82 Å². The molecule has 16 heavy (non-hydrogen) atoms. The van der Waals surface area contributed by atoms with Crippen LogP contribution in [0.1, 0.15) is 11.1 Å². The lowest BCUT2D eigenvalue weighted by molar-refractivity contribution is 0.613. The van der Waals surface area contributed by atoms with Crippen molar-refractivity contribution >= 4 is 11.8 Å². The smallest absolute Gasteiger partial charge is 0.127 e. The van der Waals surface area contributed by atoms with Crippen LogP contribution in [0.4, 0.5) is 4.39 Å². The molecule has 0 atom stereocenters. The summed E-state index contributed by atoms with van der Waals surface area (Å²) < 4.78 is 13.3. The third-order valence-electron chi connectivity index (χ3n) is 2.47. The number of hydrogen-bond donors (Lipinski definition) is 0. The minimum atomic E-state index is -0.142. The molecular formula is C14H13FS. The van der Waals surface area contributed by atoms with Crippen LogP contribution in [0.15, 0.2) is 52.3 Å². The zero-order valence-corrected chi connectivity index (χ0v) is 10.1. The van der Waals surface area contributed by atoms with Gasteiger partial charge in [-0.3, -0.25) is 0 Å². The van der Waals surface area contributed by atoms with E-state index < -0.39 is 0 Å². The van der Waals surface area contributed by atoms with Crippen LogP contribution in [0.25, 0.3) is 0 Å². The molecule has 0 radical (unpaired) electrons. The van der Waals surface area contributed by atoms with Crippen molar-refractivity contribution in [2.45, 2.75) is 23.6 Å². The molecule has 0 bridgehead atoms. The fourth-order valence-corrected chi connectivity index (χ4v) is 2.35. The molecule has 0 aliphatic rings. The van der Waals surface area contributed by atoms with Gasteiger partial charge in [-0.05, 0) is 43.7 Å². The number of benzene rings is 2. The standard InChI is InChI=1S/C14H13FS/c1-10-6-8-12(9-7-10)16-14-5-3-4-13(15)11(14)2/h3-9H,1-2H3. The SMILES string of the molecule is Cc1ccc(Sc2cccc(F)c2C)cc1. The summed E-state index contributed by atoms with van der Waals surface area (Å²) in [7, 11) is 0. The Morgan fingerprint density at radius 2 is 1.62 bits per heavy atom. The average molecular weight is 232 g/mol. The summed E-state index contributed by atoms with van der Waals surface area (Å²) in [4.78, 5) is 2.11. The van der Waals surface area contributed by atoms with Crippen molar-refractivity contribution in [3.05, 3.63) is 59.4 Å².